The van der Waals surface area contributed by atoms with Crippen LogP contribution >= 0.6 is 0 Å². The van der Waals surface area contributed by atoms with E-state index in [0.29, 0.717) is 22.5 Å². The van der Waals surface area contributed by atoms with Crippen LogP contribution in [0, 0.1) is 0 Å². The van der Waals surface area contributed by atoms with Crippen molar-refractivity contribution in [3.63, 3.8) is 0 Å². The van der Waals surface area contributed by atoms with E-state index in [0.717, 1.165) is 12.8 Å². The summed E-state index contributed by atoms with van der Waals surface area (Å²) in [6.07, 6.45) is 1.73. The first-order chi connectivity index (χ1) is 12.6. The van der Waals surface area contributed by atoms with Crippen LogP contribution in [0.25, 0.3) is 0 Å². The monoisotopic (exact) mass is 358 g/mol. The second kappa shape index (κ2) is 7.64. The number of carbonyl (C=O) groups is 2. The van der Waals surface area contributed by atoms with Gasteiger partial charge in [0, 0.05) is 12.0 Å². The molecule has 0 radical (unpaired) electrons. The molecule has 0 aromatic heterocycles. The van der Waals surface area contributed by atoms with Gasteiger partial charge in [-0.3, -0.25) is 0 Å². The number of methoxy groups -OCH3 is 1. The van der Waals surface area contributed by atoms with Gasteiger partial charge in [-0.15, -0.1) is 0 Å². The summed E-state index contributed by atoms with van der Waals surface area (Å²) in [6.45, 7) is 2.39. The number of ether oxygens (including phenoxy) is 3. The van der Waals surface area contributed by atoms with Gasteiger partial charge in [-0.05, 0) is 18.1 Å². The molecule has 1 atom stereocenters. The number of hydrogen-bond donors (Lipinski definition) is 1. The summed E-state index contributed by atoms with van der Waals surface area (Å²) in [5.41, 5.74) is 1.79. The quantitative estimate of drug-likeness (QED) is 0.621. The Morgan fingerprint density at radius 3 is 2.85 bits per heavy atom. The third-order valence-electron chi connectivity index (χ3n) is 4.65. The second-order valence-corrected chi connectivity index (χ2v) is 6.29. The van der Waals surface area contributed by atoms with E-state index in [1.807, 2.05) is 6.92 Å². The maximum atomic E-state index is 12.7. The van der Waals surface area contributed by atoms with Gasteiger partial charge in [0.2, 0.25) is 0 Å². The molecule has 138 valence electrons. The molecule has 2 aliphatic rings. The first-order valence-corrected chi connectivity index (χ1v) is 8.69. The predicted molar refractivity (Wildman–Crippen MR) is 93.9 cm³/mol. The molecule has 1 aromatic carbocycles. The van der Waals surface area contributed by atoms with Crippen LogP contribution in [0.15, 0.2) is 46.7 Å². The Morgan fingerprint density at radius 2 is 2.12 bits per heavy atom. The van der Waals surface area contributed by atoms with Crippen LogP contribution in [0.2, 0.25) is 0 Å². The van der Waals surface area contributed by atoms with Crippen LogP contribution < -0.4 is 4.74 Å². The van der Waals surface area contributed by atoms with Crippen LogP contribution in [0.3, 0.4) is 0 Å². The van der Waals surface area contributed by atoms with E-state index in [2.05, 4.69) is 0 Å². The lowest BCUT2D eigenvalue weighted by atomic mass is 9.77. The zero-order valence-electron chi connectivity index (χ0n) is 14.9. The van der Waals surface area contributed by atoms with Gasteiger partial charge in [0.25, 0.3) is 0 Å². The molecule has 0 amide bonds. The van der Waals surface area contributed by atoms with Crippen LogP contribution in [-0.2, 0) is 19.1 Å². The van der Waals surface area contributed by atoms with Crippen LogP contribution in [-0.4, -0.2) is 37.4 Å². The molecule has 26 heavy (non-hydrogen) atoms. The molecule has 0 fully saturated rings. The van der Waals surface area contributed by atoms with Crippen molar-refractivity contribution in [1.29, 1.82) is 0 Å². The highest BCUT2D eigenvalue weighted by molar-refractivity contribution is 6.01. The number of para-hydroxylation sites is 1. The number of unbranched alkanes of at least 4 members (excludes halogenated alkanes) is 1. The number of esters is 2. The lowest BCUT2D eigenvalue weighted by Crippen LogP contribution is -2.25. The molecule has 1 aliphatic carbocycles. The predicted octanol–water partition coefficient (Wildman–Crippen LogP) is 3.19. The van der Waals surface area contributed by atoms with Crippen LogP contribution in [0.1, 0.15) is 37.7 Å². The number of allylic oxidation sites excluding steroid dienone is 1. The largest absolute Gasteiger partial charge is 0.511 e. The van der Waals surface area contributed by atoms with Crippen molar-refractivity contribution in [2.75, 3.05) is 20.3 Å². The molecular formula is C20H22O6. The Hall–Kier alpha value is -2.76. The van der Waals surface area contributed by atoms with E-state index in [4.69, 9.17) is 14.2 Å². The maximum Gasteiger partial charge on any atom is 0.338 e. The van der Waals surface area contributed by atoms with E-state index in [9.17, 15) is 14.7 Å². The van der Waals surface area contributed by atoms with Crippen LogP contribution in [0.5, 0.6) is 5.75 Å². The van der Waals surface area contributed by atoms with E-state index in [1.54, 1.807) is 24.3 Å². The molecule has 1 N–H and O–H groups in total. The summed E-state index contributed by atoms with van der Waals surface area (Å²) in [5.74, 6) is -1.41. The first-order valence-electron chi connectivity index (χ1n) is 8.69. The Bertz CT molecular complexity index is 789. The molecule has 6 nitrogen and oxygen atoms in total. The smallest absolute Gasteiger partial charge is 0.338 e. The normalized spacial score (nSPS) is 19.3. The maximum absolute atomic E-state index is 12.7. The number of hydrogen-bond acceptors (Lipinski definition) is 6. The zero-order chi connectivity index (χ0) is 18.7. The Labute approximate surface area is 152 Å². The van der Waals surface area contributed by atoms with E-state index >= 15 is 0 Å². The molecule has 0 saturated carbocycles. The summed E-state index contributed by atoms with van der Waals surface area (Å²) in [5, 5.41) is 10.6. The van der Waals surface area contributed by atoms with Crippen molar-refractivity contribution in [3.8, 4) is 5.75 Å². The van der Waals surface area contributed by atoms with Crippen molar-refractivity contribution >= 4 is 11.9 Å². The standard InChI is InChI=1S/C20H22O6/c1-3-4-9-25-20(23)18-14(21)10-12-11-26-19(22)16(12)17(18)13-7-5-6-8-15(13)24-2/h5-8,17,21H,3-4,9-11H2,1-2H3. The van der Waals surface area contributed by atoms with Gasteiger partial charge in [-0.1, -0.05) is 31.5 Å². The van der Waals surface area contributed by atoms with Crippen molar-refractivity contribution < 1.29 is 28.9 Å². The molecule has 0 saturated heterocycles. The fraction of sp³-hybridized carbons (Fsp3) is 0.400. The molecule has 1 aromatic rings. The Morgan fingerprint density at radius 1 is 1.35 bits per heavy atom. The van der Waals surface area contributed by atoms with Crippen molar-refractivity contribution in [1.82, 2.24) is 0 Å². The van der Waals surface area contributed by atoms with Gasteiger partial charge in [-0.2, -0.15) is 0 Å². The Balaban J connectivity index is 2.07. The summed E-state index contributed by atoms with van der Waals surface area (Å²) in [4.78, 5) is 25.1. The minimum Gasteiger partial charge on any atom is -0.511 e. The average Bonchev–Trinajstić information content (AvgIpc) is 3.01. The second-order valence-electron chi connectivity index (χ2n) is 6.29. The molecule has 6 heteroatoms. The molecule has 0 spiro atoms. The average molecular weight is 358 g/mol. The molecule has 3 rings (SSSR count). The minimum atomic E-state index is -0.765. The van der Waals surface area contributed by atoms with Gasteiger partial charge < -0.3 is 19.3 Å². The van der Waals surface area contributed by atoms with Gasteiger partial charge >= 0.3 is 11.9 Å². The van der Waals surface area contributed by atoms with Crippen molar-refractivity contribution in [3.05, 3.63) is 52.3 Å². The summed E-state index contributed by atoms with van der Waals surface area (Å²) in [7, 11) is 1.52. The molecule has 0 bridgehead atoms. The number of cyclic esters (lactones) is 1. The van der Waals surface area contributed by atoms with E-state index < -0.39 is 17.9 Å². The summed E-state index contributed by atoms with van der Waals surface area (Å²) in [6, 6.07) is 7.12. The van der Waals surface area contributed by atoms with Crippen molar-refractivity contribution in [2.45, 2.75) is 32.1 Å². The highest BCUT2D eigenvalue weighted by atomic mass is 16.5. The molecule has 1 aliphatic heterocycles. The highest BCUT2D eigenvalue weighted by Gasteiger charge is 2.43. The van der Waals surface area contributed by atoms with Gasteiger partial charge in [0.05, 0.1) is 30.8 Å². The van der Waals surface area contributed by atoms with E-state index in [-0.39, 0.29) is 31.0 Å². The third kappa shape index (κ3) is 3.19. The lowest BCUT2D eigenvalue weighted by molar-refractivity contribution is -0.139. The minimum absolute atomic E-state index is 0.0838. The number of benzene rings is 1. The molecular weight excluding hydrogens is 336 g/mol. The number of aliphatic hydroxyl groups is 1. The Kier molecular flexibility index (Phi) is 5.30. The first kappa shape index (κ1) is 18.0. The van der Waals surface area contributed by atoms with Crippen molar-refractivity contribution in [2.24, 2.45) is 0 Å². The number of carbonyl (C=O) groups excluding carboxylic acids is 2. The van der Waals surface area contributed by atoms with Gasteiger partial charge in [-0.25, -0.2) is 9.59 Å². The summed E-state index contributed by atoms with van der Waals surface area (Å²) < 4.78 is 15.9. The highest BCUT2D eigenvalue weighted by Crippen LogP contribution is 2.46. The molecule has 1 unspecified atom stereocenters. The van der Waals surface area contributed by atoms with Gasteiger partial charge in [0.1, 0.15) is 18.1 Å². The van der Waals surface area contributed by atoms with Crippen LogP contribution in [0.4, 0.5) is 0 Å². The lowest BCUT2D eigenvalue weighted by Gasteiger charge is -2.26. The summed E-state index contributed by atoms with van der Waals surface area (Å²) >= 11 is 0. The van der Waals surface area contributed by atoms with E-state index in [1.165, 1.54) is 7.11 Å². The fourth-order valence-electron chi connectivity index (χ4n) is 3.37. The zero-order valence-corrected chi connectivity index (χ0v) is 14.9. The fourth-order valence-corrected chi connectivity index (χ4v) is 3.37. The number of aliphatic hydroxyl groups excluding tert-OH is 1. The number of rotatable bonds is 6. The third-order valence-corrected chi connectivity index (χ3v) is 4.65. The molecule has 1 heterocycles. The van der Waals surface area contributed by atoms with Gasteiger partial charge in [0.15, 0.2) is 0 Å². The SMILES string of the molecule is CCCCOC(=O)C1=C(O)CC2=C(C(=O)OC2)C1c1ccccc1OC. The topological polar surface area (TPSA) is 82.1 Å².